The average molecular weight is 415 g/mol. The van der Waals surface area contributed by atoms with Crippen molar-refractivity contribution in [3.8, 4) is 5.69 Å². The maximum absolute atomic E-state index is 13.7. The molecule has 0 radical (unpaired) electrons. The zero-order valence-corrected chi connectivity index (χ0v) is 17.4. The van der Waals surface area contributed by atoms with Crippen molar-refractivity contribution in [1.29, 1.82) is 0 Å². The highest BCUT2D eigenvalue weighted by atomic mass is 19.3. The molecule has 1 saturated carbocycles. The summed E-state index contributed by atoms with van der Waals surface area (Å²) in [6.45, 7) is 3.91. The third-order valence-electron chi connectivity index (χ3n) is 6.15. The summed E-state index contributed by atoms with van der Waals surface area (Å²) in [7, 11) is 0. The monoisotopic (exact) mass is 415 g/mol. The Hall–Kier alpha value is -2.57. The number of alkyl halides is 2. The normalized spacial score (nSPS) is 19.0. The number of anilines is 1. The Morgan fingerprint density at radius 1 is 1.20 bits per heavy atom. The minimum atomic E-state index is -2.82. The zero-order chi connectivity index (χ0) is 21.5. The number of hydrogen-bond donors (Lipinski definition) is 1. The van der Waals surface area contributed by atoms with Gasteiger partial charge in [-0.3, -0.25) is 9.59 Å². The summed E-state index contributed by atoms with van der Waals surface area (Å²) in [5.74, 6) is -0.284. The van der Waals surface area contributed by atoms with Crippen molar-refractivity contribution in [2.75, 3.05) is 5.32 Å². The molecule has 0 aliphatic heterocycles. The first kappa shape index (κ1) is 20.7. The molecule has 2 aromatic rings. The number of nitrogens with zero attached hydrogens (tertiary/aromatic N) is 2. The van der Waals surface area contributed by atoms with Crippen molar-refractivity contribution in [3.05, 3.63) is 40.7 Å². The lowest BCUT2D eigenvalue weighted by Crippen LogP contribution is -2.28. The summed E-state index contributed by atoms with van der Waals surface area (Å²) < 4.78 is 28.8. The smallest absolute Gasteiger partial charge is 0.282 e. The molecule has 1 aromatic heterocycles. The Labute approximate surface area is 174 Å². The van der Waals surface area contributed by atoms with Crippen LogP contribution in [0.5, 0.6) is 0 Å². The van der Waals surface area contributed by atoms with Crippen LogP contribution in [0.3, 0.4) is 0 Å². The molecule has 0 amide bonds. The number of Topliss-reactive ketones (excluding diaryl/α,β-unsaturated/α-hetero) is 1. The average Bonchev–Trinajstić information content (AvgIpc) is 3.07. The topological polar surface area (TPSA) is 64.0 Å². The Kier molecular flexibility index (Phi) is 5.47. The van der Waals surface area contributed by atoms with Gasteiger partial charge in [0.25, 0.3) is 6.43 Å². The highest BCUT2D eigenvalue weighted by molar-refractivity contribution is 6.00. The van der Waals surface area contributed by atoms with Crippen LogP contribution in [0, 0.1) is 5.41 Å². The molecule has 1 heterocycles. The molecule has 0 spiro atoms. The van der Waals surface area contributed by atoms with E-state index in [-0.39, 0.29) is 29.2 Å². The second kappa shape index (κ2) is 7.93. The van der Waals surface area contributed by atoms with Crippen LogP contribution in [0.4, 0.5) is 14.5 Å². The Balaban J connectivity index is 1.79. The van der Waals surface area contributed by atoms with Crippen LogP contribution in [-0.4, -0.2) is 27.9 Å². The Morgan fingerprint density at radius 3 is 2.60 bits per heavy atom. The fraction of sp³-hybridized carbons (Fsp3) is 0.522. The fourth-order valence-corrected chi connectivity index (χ4v) is 4.71. The predicted molar refractivity (Wildman–Crippen MR) is 111 cm³/mol. The maximum Gasteiger partial charge on any atom is 0.282 e. The molecule has 1 N–H and O–H groups in total. The molecule has 160 valence electrons. The van der Waals surface area contributed by atoms with E-state index >= 15 is 0 Å². The van der Waals surface area contributed by atoms with Gasteiger partial charge in [0.15, 0.2) is 12.1 Å². The quantitative estimate of drug-likeness (QED) is 0.653. The molecular weight excluding hydrogens is 388 g/mol. The lowest BCUT2D eigenvalue weighted by atomic mass is 9.75. The summed E-state index contributed by atoms with van der Waals surface area (Å²) in [5.41, 5.74) is 1.58. The molecule has 0 atom stereocenters. The number of benzene rings is 1. The third kappa shape index (κ3) is 3.89. The van der Waals surface area contributed by atoms with Gasteiger partial charge < -0.3 is 5.32 Å². The standard InChI is InChI=1S/C23H27F2N3O2/c1-23(2)11-18-20(19(30)12-23)21(22(24)25)27-28(18)16-9-8-14(13-29)17(10-16)26-15-6-4-3-5-7-15/h8-10,13,15,22,26H,3-7,11-12H2,1-2H3. The number of hydrogen-bond acceptors (Lipinski definition) is 4. The highest BCUT2D eigenvalue weighted by Gasteiger charge is 2.38. The number of halogens is 2. The van der Waals surface area contributed by atoms with Crippen molar-refractivity contribution in [2.45, 2.75) is 71.3 Å². The first-order chi connectivity index (χ1) is 14.3. The maximum atomic E-state index is 13.7. The second-order valence-electron chi connectivity index (χ2n) is 9.23. The van der Waals surface area contributed by atoms with Crippen LogP contribution in [0.1, 0.15) is 90.9 Å². The highest BCUT2D eigenvalue weighted by Crippen LogP contribution is 2.39. The van der Waals surface area contributed by atoms with Gasteiger partial charge in [-0.2, -0.15) is 5.10 Å². The lowest BCUT2D eigenvalue weighted by Gasteiger charge is -2.29. The van der Waals surface area contributed by atoms with Crippen molar-refractivity contribution >= 4 is 17.8 Å². The molecule has 2 aliphatic rings. The number of ketones is 1. The molecule has 30 heavy (non-hydrogen) atoms. The fourth-order valence-electron chi connectivity index (χ4n) is 4.71. The van der Waals surface area contributed by atoms with Crippen molar-refractivity contribution in [1.82, 2.24) is 9.78 Å². The minimum absolute atomic E-state index is 0.0607. The molecule has 2 aliphatic carbocycles. The molecule has 1 fully saturated rings. The number of aromatic nitrogens is 2. The van der Waals surface area contributed by atoms with Crippen molar-refractivity contribution in [3.63, 3.8) is 0 Å². The van der Waals surface area contributed by atoms with E-state index in [4.69, 9.17) is 0 Å². The van der Waals surface area contributed by atoms with Gasteiger partial charge in [-0.1, -0.05) is 33.1 Å². The van der Waals surface area contributed by atoms with E-state index in [2.05, 4.69) is 10.4 Å². The van der Waals surface area contributed by atoms with E-state index in [0.29, 0.717) is 29.1 Å². The van der Waals surface area contributed by atoms with Gasteiger partial charge in [0.1, 0.15) is 5.69 Å². The number of carbonyl (C=O) groups excluding carboxylic acids is 2. The van der Waals surface area contributed by atoms with Crippen LogP contribution in [0.25, 0.3) is 5.69 Å². The van der Waals surface area contributed by atoms with E-state index in [0.717, 1.165) is 32.0 Å². The summed E-state index contributed by atoms with van der Waals surface area (Å²) in [6, 6.07) is 5.45. The largest absolute Gasteiger partial charge is 0.382 e. The van der Waals surface area contributed by atoms with Crippen LogP contribution < -0.4 is 5.32 Å². The van der Waals surface area contributed by atoms with E-state index in [9.17, 15) is 18.4 Å². The van der Waals surface area contributed by atoms with Crippen LogP contribution >= 0.6 is 0 Å². The van der Waals surface area contributed by atoms with Gasteiger partial charge in [0.05, 0.1) is 16.9 Å². The van der Waals surface area contributed by atoms with Gasteiger partial charge in [-0.25, -0.2) is 13.5 Å². The molecule has 4 rings (SSSR count). The number of aldehydes is 1. The number of nitrogens with one attached hydrogen (secondary N) is 1. The first-order valence-electron chi connectivity index (χ1n) is 10.6. The van der Waals surface area contributed by atoms with Gasteiger partial charge in [-0.15, -0.1) is 0 Å². The second-order valence-corrected chi connectivity index (χ2v) is 9.23. The molecule has 0 bridgehead atoms. The summed E-state index contributed by atoms with van der Waals surface area (Å²) >= 11 is 0. The molecule has 5 nitrogen and oxygen atoms in total. The van der Waals surface area contributed by atoms with Gasteiger partial charge in [0.2, 0.25) is 0 Å². The van der Waals surface area contributed by atoms with E-state index in [1.807, 2.05) is 13.8 Å². The first-order valence-corrected chi connectivity index (χ1v) is 10.6. The van der Waals surface area contributed by atoms with Crippen LogP contribution in [0.15, 0.2) is 18.2 Å². The number of carbonyl (C=O) groups is 2. The van der Waals surface area contributed by atoms with E-state index < -0.39 is 12.1 Å². The SMILES string of the molecule is CC1(C)CC(=O)c2c(C(F)F)nn(-c3ccc(C=O)c(NC4CCCCC4)c3)c2C1. The Bertz CT molecular complexity index is 975. The summed E-state index contributed by atoms with van der Waals surface area (Å²) in [4.78, 5) is 24.2. The summed E-state index contributed by atoms with van der Waals surface area (Å²) in [5, 5.41) is 7.61. The molecule has 0 unspecified atom stereocenters. The van der Waals surface area contributed by atoms with Crippen molar-refractivity contribution < 1.29 is 18.4 Å². The third-order valence-corrected chi connectivity index (χ3v) is 6.15. The van der Waals surface area contributed by atoms with Crippen LogP contribution in [0.2, 0.25) is 0 Å². The predicted octanol–water partition coefficient (Wildman–Crippen LogP) is 5.52. The van der Waals surface area contributed by atoms with Gasteiger partial charge in [0, 0.05) is 23.7 Å². The zero-order valence-electron chi connectivity index (χ0n) is 17.4. The molecule has 0 saturated heterocycles. The summed E-state index contributed by atoms with van der Waals surface area (Å²) in [6.07, 6.45) is 4.28. The van der Waals surface area contributed by atoms with Crippen molar-refractivity contribution in [2.24, 2.45) is 5.41 Å². The van der Waals surface area contributed by atoms with Gasteiger partial charge >= 0.3 is 0 Å². The van der Waals surface area contributed by atoms with Gasteiger partial charge in [-0.05, 0) is 42.9 Å². The lowest BCUT2D eigenvalue weighted by molar-refractivity contribution is 0.0896. The molecular formula is C23H27F2N3O2. The minimum Gasteiger partial charge on any atom is -0.382 e. The molecule has 7 heteroatoms. The number of fused-ring (bicyclic) bond motifs is 1. The van der Waals surface area contributed by atoms with Crippen LogP contribution in [-0.2, 0) is 6.42 Å². The molecule has 1 aromatic carbocycles. The Morgan fingerprint density at radius 2 is 1.93 bits per heavy atom. The van der Waals surface area contributed by atoms with E-state index in [1.54, 1.807) is 18.2 Å². The van der Waals surface area contributed by atoms with E-state index in [1.165, 1.54) is 11.1 Å². The number of rotatable bonds is 5.